The molecule has 0 saturated heterocycles. The lowest BCUT2D eigenvalue weighted by molar-refractivity contribution is 1.07. The Morgan fingerprint density at radius 1 is 1.36 bits per heavy atom. The number of nitrogens with one attached hydrogen (secondary N) is 1. The van der Waals surface area contributed by atoms with Crippen molar-refractivity contribution in [3.63, 3.8) is 0 Å². The number of rotatable bonds is 0. The lowest BCUT2D eigenvalue weighted by Crippen LogP contribution is -1.78. The molecule has 2 heterocycles. The molecule has 2 rings (SSSR count). The summed E-state index contributed by atoms with van der Waals surface area (Å²) in [6, 6.07) is 1.97. The summed E-state index contributed by atoms with van der Waals surface area (Å²) >= 11 is 0. The normalized spacial score (nSPS) is 10.7. The van der Waals surface area contributed by atoms with E-state index in [0.29, 0.717) is 0 Å². The van der Waals surface area contributed by atoms with E-state index in [0.717, 1.165) is 22.3 Å². The Kier molecular flexibility index (Phi) is 1.18. The Morgan fingerprint density at radius 3 is 3.00 bits per heavy atom. The minimum atomic E-state index is 0.995. The highest BCUT2D eigenvalue weighted by Gasteiger charge is 1.99. The third-order valence-electron chi connectivity index (χ3n) is 1.77. The fourth-order valence-electron chi connectivity index (χ4n) is 1.13. The fourth-order valence-corrected chi connectivity index (χ4v) is 1.13. The molecule has 1 N–H and O–H groups in total. The van der Waals surface area contributed by atoms with Crippen molar-refractivity contribution in [2.45, 2.75) is 13.8 Å². The first-order valence-electron chi connectivity index (χ1n) is 3.55. The zero-order valence-corrected chi connectivity index (χ0v) is 6.55. The Hall–Kier alpha value is -1.38. The van der Waals surface area contributed by atoms with E-state index in [9.17, 15) is 0 Å². The van der Waals surface area contributed by atoms with Crippen LogP contribution in [-0.4, -0.2) is 15.2 Å². The molecule has 2 aromatic rings. The van der Waals surface area contributed by atoms with E-state index in [2.05, 4.69) is 15.2 Å². The first-order valence-corrected chi connectivity index (χ1v) is 3.55. The van der Waals surface area contributed by atoms with Crippen LogP contribution in [0.15, 0.2) is 12.3 Å². The predicted molar refractivity (Wildman–Crippen MR) is 43.4 cm³/mol. The number of aryl methyl sites for hydroxylation is 2. The van der Waals surface area contributed by atoms with Crippen molar-refractivity contribution >= 4 is 10.9 Å². The number of H-pyrrole nitrogens is 1. The number of nitrogens with zero attached hydrogens (tertiary/aromatic N) is 2. The standard InChI is InChI=1S/C8H9N3/c1-5-3-8-7(4-9-5)6(2)10-11-8/h3-4H,1-2H3,(H,10,11). The number of hydrogen-bond acceptors (Lipinski definition) is 2. The van der Waals surface area contributed by atoms with Crippen molar-refractivity contribution in [1.29, 1.82) is 0 Å². The van der Waals surface area contributed by atoms with Crippen molar-refractivity contribution < 1.29 is 0 Å². The predicted octanol–water partition coefficient (Wildman–Crippen LogP) is 1.57. The third kappa shape index (κ3) is 0.888. The summed E-state index contributed by atoms with van der Waals surface area (Å²) in [6.45, 7) is 3.95. The lowest BCUT2D eigenvalue weighted by atomic mass is 10.2. The molecule has 0 aliphatic heterocycles. The van der Waals surface area contributed by atoms with Gasteiger partial charge in [0.05, 0.1) is 5.52 Å². The van der Waals surface area contributed by atoms with Crippen LogP contribution in [0.2, 0.25) is 0 Å². The van der Waals surface area contributed by atoms with Crippen LogP contribution < -0.4 is 0 Å². The van der Waals surface area contributed by atoms with E-state index in [1.807, 2.05) is 26.1 Å². The molecular formula is C8H9N3. The van der Waals surface area contributed by atoms with Crippen molar-refractivity contribution in [2.75, 3.05) is 0 Å². The molecule has 0 bridgehead atoms. The van der Waals surface area contributed by atoms with Gasteiger partial charge in [-0.05, 0) is 19.9 Å². The number of pyridine rings is 1. The summed E-state index contributed by atoms with van der Waals surface area (Å²) < 4.78 is 0. The quantitative estimate of drug-likeness (QED) is 0.614. The van der Waals surface area contributed by atoms with Crippen LogP contribution in [-0.2, 0) is 0 Å². The van der Waals surface area contributed by atoms with Gasteiger partial charge in [0.25, 0.3) is 0 Å². The smallest absolute Gasteiger partial charge is 0.0957 e. The monoisotopic (exact) mass is 147 g/mol. The Balaban J connectivity index is 2.86. The van der Waals surface area contributed by atoms with Crippen molar-refractivity contribution in [3.05, 3.63) is 23.7 Å². The van der Waals surface area contributed by atoms with E-state index >= 15 is 0 Å². The topological polar surface area (TPSA) is 41.6 Å². The van der Waals surface area contributed by atoms with Gasteiger partial charge in [-0.1, -0.05) is 0 Å². The maximum absolute atomic E-state index is 4.18. The van der Waals surface area contributed by atoms with E-state index < -0.39 is 0 Å². The van der Waals surface area contributed by atoms with E-state index in [1.165, 1.54) is 0 Å². The molecule has 11 heavy (non-hydrogen) atoms. The molecule has 0 aliphatic carbocycles. The van der Waals surface area contributed by atoms with Gasteiger partial charge in [-0.15, -0.1) is 0 Å². The minimum absolute atomic E-state index is 0.995. The second kappa shape index (κ2) is 2.05. The summed E-state index contributed by atoms with van der Waals surface area (Å²) in [5.41, 5.74) is 3.08. The highest BCUT2D eigenvalue weighted by molar-refractivity contribution is 5.80. The molecule has 0 spiro atoms. The molecule has 0 radical (unpaired) electrons. The van der Waals surface area contributed by atoms with Gasteiger partial charge in [0.1, 0.15) is 0 Å². The van der Waals surface area contributed by atoms with Crippen molar-refractivity contribution in [1.82, 2.24) is 15.2 Å². The Morgan fingerprint density at radius 2 is 2.18 bits per heavy atom. The van der Waals surface area contributed by atoms with E-state index in [4.69, 9.17) is 0 Å². The molecule has 0 aromatic carbocycles. The molecule has 2 aromatic heterocycles. The molecule has 0 saturated carbocycles. The number of hydrogen-bond donors (Lipinski definition) is 1. The maximum Gasteiger partial charge on any atom is 0.0957 e. The van der Waals surface area contributed by atoms with Gasteiger partial charge in [0, 0.05) is 23.0 Å². The molecule has 0 unspecified atom stereocenters. The summed E-state index contributed by atoms with van der Waals surface area (Å²) in [6.07, 6.45) is 1.85. The van der Waals surface area contributed by atoms with Crippen LogP contribution in [0.25, 0.3) is 10.9 Å². The molecule has 0 fully saturated rings. The van der Waals surface area contributed by atoms with Crippen LogP contribution in [0.3, 0.4) is 0 Å². The molecule has 56 valence electrons. The van der Waals surface area contributed by atoms with E-state index in [-0.39, 0.29) is 0 Å². The van der Waals surface area contributed by atoms with Crippen LogP contribution in [0, 0.1) is 13.8 Å². The van der Waals surface area contributed by atoms with Gasteiger partial charge in [-0.2, -0.15) is 5.10 Å². The van der Waals surface area contributed by atoms with Gasteiger partial charge in [-0.3, -0.25) is 10.1 Å². The maximum atomic E-state index is 4.18. The molecule has 0 aliphatic rings. The molecule has 3 heteroatoms. The van der Waals surface area contributed by atoms with Crippen LogP contribution in [0.5, 0.6) is 0 Å². The summed E-state index contributed by atoms with van der Waals surface area (Å²) in [5, 5.41) is 8.13. The lowest BCUT2D eigenvalue weighted by Gasteiger charge is -1.89. The first kappa shape index (κ1) is 6.34. The van der Waals surface area contributed by atoms with Crippen LogP contribution >= 0.6 is 0 Å². The fraction of sp³-hybridized carbons (Fsp3) is 0.250. The summed E-state index contributed by atoms with van der Waals surface area (Å²) in [5.74, 6) is 0. The van der Waals surface area contributed by atoms with Gasteiger partial charge in [-0.25, -0.2) is 0 Å². The Bertz CT molecular complexity index is 389. The van der Waals surface area contributed by atoms with Crippen LogP contribution in [0.1, 0.15) is 11.4 Å². The van der Waals surface area contributed by atoms with Crippen molar-refractivity contribution in [3.8, 4) is 0 Å². The Labute approximate surface area is 64.5 Å². The van der Waals surface area contributed by atoms with Gasteiger partial charge >= 0.3 is 0 Å². The van der Waals surface area contributed by atoms with Gasteiger partial charge < -0.3 is 0 Å². The highest BCUT2D eigenvalue weighted by Crippen LogP contribution is 2.13. The summed E-state index contributed by atoms with van der Waals surface area (Å²) in [4.78, 5) is 4.18. The number of fused-ring (bicyclic) bond motifs is 1. The average molecular weight is 147 g/mol. The highest BCUT2D eigenvalue weighted by atomic mass is 15.1. The van der Waals surface area contributed by atoms with Gasteiger partial charge in [0.15, 0.2) is 0 Å². The third-order valence-corrected chi connectivity index (χ3v) is 1.77. The minimum Gasteiger partial charge on any atom is -0.282 e. The van der Waals surface area contributed by atoms with Crippen molar-refractivity contribution in [2.24, 2.45) is 0 Å². The van der Waals surface area contributed by atoms with E-state index in [1.54, 1.807) is 0 Å². The zero-order chi connectivity index (χ0) is 7.84. The SMILES string of the molecule is Cc1cc2n[nH]c(C)c2cn1. The second-order valence-corrected chi connectivity index (χ2v) is 2.69. The first-order chi connectivity index (χ1) is 5.27. The molecule has 0 atom stereocenters. The van der Waals surface area contributed by atoms with Gasteiger partial charge in [0.2, 0.25) is 0 Å². The summed E-state index contributed by atoms with van der Waals surface area (Å²) in [7, 11) is 0. The molecule has 0 amide bonds. The second-order valence-electron chi connectivity index (χ2n) is 2.69. The molecular weight excluding hydrogens is 138 g/mol. The average Bonchev–Trinajstić information content (AvgIpc) is 2.32. The number of aromatic nitrogens is 3. The largest absolute Gasteiger partial charge is 0.282 e. The van der Waals surface area contributed by atoms with Crippen LogP contribution in [0.4, 0.5) is 0 Å². The zero-order valence-electron chi connectivity index (χ0n) is 6.55. The molecule has 3 nitrogen and oxygen atoms in total. The number of aromatic amines is 1.